The van der Waals surface area contributed by atoms with Crippen molar-refractivity contribution in [2.75, 3.05) is 19.1 Å². The van der Waals surface area contributed by atoms with Crippen LogP contribution in [0.15, 0.2) is 84.4 Å². The molecule has 7 rings (SSSR count). The first-order valence-electron chi connectivity index (χ1n) is 14.3. The van der Waals surface area contributed by atoms with Crippen molar-refractivity contribution in [3.63, 3.8) is 0 Å². The molecule has 1 saturated carbocycles. The number of hydrogen-bond acceptors (Lipinski definition) is 6. The molecule has 218 valence electrons. The molecule has 0 bridgehead atoms. The zero-order valence-corrected chi connectivity index (χ0v) is 24.3. The van der Waals surface area contributed by atoms with Gasteiger partial charge in [0.05, 0.1) is 36.0 Å². The van der Waals surface area contributed by atoms with Crippen LogP contribution >= 0.6 is 11.6 Å². The number of anilines is 1. The lowest BCUT2D eigenvalue weighted by atomic mass is 9.49. The summed E-state index contributed by atoms with van der Waals surface area (Å²) in [5.41, 5.74) is 0.598. The number of rotatable bonds is 4. The van der Waals surface area contributed by atoms with Gasteiger partial charge in [-0.15, -0.1) is 0 Å². The number of amides is 4. The van der Waals surface area contributed by atoms with E-state index in [2.05, 4.69) is 0 Å². The Hall–Kier alpha value is -4.43. The number of phenols is 1. The lowest BCUT2D eigenvalue weighted by Crippen LogP contribution is -2.53. The van der Waals surface area contributed by atoms with Gasteiger partial charge in [0.15, 0.2) is 0 Å². The highest BCUT2D eigenvalue weighted by atomic mass is 35.5. The number of methoxy groups -OCH3 is 1. The maximum Gasteiger partial charge on any atom is 0.246 e. The quantitative estimate of drug-likeness (QED) is 0.341. The Bertz CT molecular complexity index is 1740. The van der Waals surface area contributed by atoms with Crippen molar-refractivity contribution < 1.29 is 29.0 Å². The number of fused-ring (bicyclic) bond motifs is 4. The van der Waals surface area contributed by atoms with Gasteiger partial charge in [-0.2, -0.15) is 0 Å². The Labute approximate surface area is 253 Å². The van der Waals surface area contributed by atoms with Crippen molar-refractivity contribution in [1.82, 2.24) is 4.90 Å². The summed E-state index contributed by atoms with van der Waals surface area (Å²) in [6, 6.07) is 20.7. The molecule has 8 nitrogen and oxygen atoms in total. The first-order valence-corrected chi connectivity index (χ1v) is 14.7. The molecule has 0 aromatic heterocycles. The number of halogens is 1. The van der Waals surface area contributed by atoms with Crippen molar-refractivity contribution in [2.45, 2.75) is 24.2 Å². The Morgan fingerprint density at radius 3 is 2.37 bits per heavy atom. The van der Waals surface area contributed by atoms with Gasteiger partial charge in [-0.05, 0) is 54.7 Å². The molecular weight excluding hydrogens is 568 g/mol. The molecule has 0 spiro atoms. The third-order valence-corrected chi connectivity index (χ3v) is 10.2. The smallest absolute Gasteiger partial charge is 0.246 e. The monoisotopic (exact) mass is 596 g/mol. The molecule has 2 aliphatic carbocycles. The second kappa shape index (κ2) is 9.81. The van der Waals surface area contributed by atoms with Gasteiger partial charge in [-0.3, -0.25) is 24.1 Å². The van der Waals surface area contributed by atoms with E-state index in [1.54, 1.807) is 36.4 Å². The second-order valence-electron chi connectivity index (χ2n) is 11.7. The van der Waals surface area contributed by atoms with E-state index in [0.29, 0.717) is 34.0 Å². The van der Waals surface area contributed by atoms with E-state index in [0.717, 1.165) is 5.57 Å². The first kappa shape index (κ1) is 27.4. The van der Waals surface area contributed by atoms with E-state index in [-0.39, 0.29) is 24.0 Å². The Kier molecular flexibility index (Phi) is 6.25. The number of imide groups is 2. The van der Waals surface area contributed by atoms with Crippen LogP contribution in [0, 0.1) is 23.7 Å². The largest absolute Gasteiger partial charge is 0.508 e. The average molecular weight is 597 g/mol. The molecule has 3 aromatic carbocycles. The summed E-state index contributed by atoms with van der Waals surface area (Å²) >= 11 is 6.33. The van der Waals surface area contributed by atoms with Gasteiger partial charge in [0.25, 0.3) is 0 Å². The van der Waals surface area contributed by atoms with Crippen LogP contribution < -0.4 is 9.64 Å². The van der Waals surface area contributed by atoms with Crippen molar-refractivity contribution in [3.8, 4) is 11.5 Å². The van der Waals surface area contributed by atoms with E-state index >= 15 is 4.79 Å². The van der Waals surface area contributed by atoms with Gasteiger partial charge >= 0.3 is 0 Å². The number of benzene rings is 3. The fraction of sp³-hybridized carbons (Fsp3) is 0.294. The molecule has 3 fully saturated rings. The minimum Gasteiger partial charge on any atom is -0.508 e. The van der Waals surface area contributed by atoms with Crippen LogP contribution in [0.3, 0.4) is 0 Å². The maximum absolute atomic E-state index is 15.1. The van der Waals surface area contributed by atoms with E-state index in [1.165, 1.54) is 30.0 Å². The minimum atomic E-state index is -1.49. The van der Waals surface area contributed by atoms with Crippen LogP contribution in [0.25, 0.3) is 0 Å². The number of aromatic hydroxyl groups is 1. The zero-order valence-electron chi connectivity index (χ0n) is 23.6. The van der Waals surface area contributed by atoms with Crippen molar-refractivity contribution in [1.29, 1.82) is 0 Å². The SMILES string of the molecule is COc1cccc(O)c1[C@H]1C2=CC[C@@H]3C(=O)N(C)C(=O)[C@@H]3[C@@H]2C[C@H]2C(=O)N(c3cccc(Cl)c3)C(=O)[C@@]12c1ccccc1. The summed E-state index contributed by atoms with van der Waals surface area (Å²) in [7, 11) is 2.99. The molecule has 0 radical (unpaired) electrons. The molecule has 2 saturated heterocycles. The molecule has 2 heterocycles. The molecule has 43 heavy (non-hydrogen) atoms. The number of phenolic OH excluding ortho intramolecular Hbond substituents is 1. The minimum absolute atomic E-state index is 0.0884. The summed E-state index contributed by atoms with van der Waals surface area (Å²) < 4.78 is 5.78. The number of allylic oxidation sites excluding steroid dienone is 2. The normalized spacial score (nSPS) is 29.7. The number of ether oxygens (including phenoxy) is 1. The summed E-state index contributed by atoms with van der Waals surface area (Å²) in [4.78, 5) is 58.8. The number of carbonyl (C=O) groups is 4. The van der Waals surface area contributed by atoms with E-state index in [1.807, 2.05) is 36.4 Å². The third kappa shape index (κ3) is 3.62. The lowest BCUT2D eigenvalue weighted by molar-refractivity contribution is -0.138. The van der Waals surface area contributed by atoms with Gasteiger partial charge in [0.1, 0.15) is 11.5 Å². The summed E-state index contributed by atoms with van der Waals surface area (Å²) in [6.07, 6.45) is 2.45. The van der Waals surface area contributed by atoms with Crippen molar-refractivity contribution >= 4 is 40.9 Å². The molecule has 4 amide bonds. The molecule has 6 atom stereocenters. The third-order valence-electron chi connectivity index (χ3n) is 9.94. The van der Waals surface area contributed by atoms with E-state index < -0.39 is 46.8 Å². The lowest BCUT2D eigenvalue weighted by Gasteiger charge is -2.51. The van der Waals surface area contributed by atoms with Gasteiger partial charge in [-0.25, -0.2) is 4.90 Å². The van der Waals surface area contributed by atoms with Crippen LogP contribution in [0.5, 0.6) is 11.5 Å². The Balaban J connectivity index is 1.55. The van der Waals surface area contributed by atoms with E-state index in [4.69, 9.17) is 16.3 Å². The fourth-order valence-corrected chi connectivity index (χ4v) is 8.40. The van der Waals surface area contributed by atoms with Gasteiger partial charge in [0, 0.05) is 23.6 Å². The van der Waals surface area contributed by atoms with Crippen LogP contribution in [0.1, 0.15) is 29.9 Å². The topological polar surface area (TPSA) is 104 Å². The highest BCUT2D eigenvalue weighted by molar-refractivity contribution is 6.32. The Morgan fingerprint density at radius 2 is 1.65 bits per heavy atom. The standard InChI is InChI=1S/C34H29ClN2O6/c1-36-30(39)22-15-14-21-23(27(22)32(36)41)17-24-31(40)37(20-11-6-10-19(35)16-20)33(42)34(24,18-8-4-3-5-9-18)29(21)28-25(38)12-7-13-26(28)43-2/h3-14,16,22-24,27,29,38H,15,17H2,1-2H3/t22-,23+,24-,27-,29+,34+/m0/s1. The van der Waals surface area contributed by atoms with Crippen LogP contribution in [-0.4, -0.2) is 47.8 Å². The highest BCUT2D eigenvalue weighted by Crippen LogP contribution is 2.66. The van der Waals surface area contributed by atoms with Crippen molar-refractivity contribution in [2.24, 2.45) is 23.7 Å². The van der Waals surface area contributed by atoms with Gasteiger partial charge in [-0.1, -0.05) is 65.7 Å². The van der Waals surface area contributed by atoms with Gasteiger partial charge < -0.3 is 9.84 Å². The molecule has 3 aromatic rings. The summed E-state index contributed by atoms with van der Waals surface area (Å²) in [5.74, 6) is -4.62. The second-order valence-corrected chi connectivity index (χ2v) is 12.2. The van der Waals surface area contributed by atoms with Crippen LogP contribution in [0.2, 0.25) is 5.02 Å². The summed E-state index contributed by atoms with van der Waals surface area (Å²) in [6.45, 7) is 0. The molecule has 1 N–H and O–H groups in total. The first-order chi connectivity index (χ1) is 20.7. The number of nitrogens with zero attached hydrogens (tertiary/aromatic N) is 2. The average Bonchev–Trinajstić information content (AvgIpc) is 3.38. The number of hydrogen-bond donors (Lipinski definition) is 1. The molecule has 0 unspecified atom stereocenters. The predicted molar refractivity (Wildman–Crippen MR) is 159 cm³/mol. The van der Waals surface area contributed by atoms with Crippen LogP contribution in [-0.2, 0) is 24.6 Å². The molecule has 2 aliphatic heterocycles. The van der Waals surface area contributed by atoms with E-state index in [9.17, 15) is 19.5 Å². The predicted octanol–water partition coefficient (Wildman–Crippen LogP) is 4.85. The molecule has 9 heteroatoms. The molecular formula is C34H29ClN2O6. The number of likely N-dealkylation sites (tertiary alicyclic amines) is 1. The van der Waals surface area contributed by atoms with Gasteiger partial charge in [0.2, 0.25) is 23.6 Å². The van der Waals surface area contributed by atoms with Crippen molar-refractivity contribution in [3.05, 3.63) is 101 Å². The summed E-state index contributed by atoms with van der Waals surface area (Å²) in [5, 5.41) is 11.9. The highest BCUT2D eigenvalue weighted by Gasteiger charge is 2.70. The zero-order chi connectivity index (χ0) is 30.2. The number of carbonyl (C=O) groups excluding carboxylic acids is 4. The Morgan fingerprint density at radius 1 is 0.907 bits per heavy atom. The fourth-order valence-electron chi connectivity index (χ4n) is 8.22. The maximum atomic E-state index is 15.1. The van der Waals surface area contributed by atoms with Crippen LogP contribution in [0.4, 0.5) is 5.69 Å². The molecule has 4 aliphatic rings.